The molecule has 2 atom stereocenters. The Morgan fingerprint density at radius 1 is 1.09 bits per heavy atom. The third-order valence-corrected chi connectivity index (χ3v) is 5.36. The average Bonchev–Trinajstić information content (AvgIpc) is 3.29. The van der Waals surface area contributed by atoms with Crippen LogP contribution in [0.2, 0.25) is 0 Å². The van der Waals surface area contributed by atoms with E-state index in [1.165, 1.54) is 28.6 Å². The van der Waals surface area contributed by atoms with Gasteiger partial charge >= 0.3 is 0 Å². The molecule has 2 aromatic carbocycles. The van der Waals surface area contributed by atoms with Crippen molar-refractivity contribution in [2.24, 2.45) is 0 Å². The topological polar surface area (TPSA) is 80.3 Å². The first-order chi connectivity index (χ1) is 10.4. The first-order valence-electron chi connectivity index (χ1n) is 6.41. The van der Waals surface area contributed by atoms with Gasteiger partial charge in [-0.2, -0.15) is 4.31 Å². The van der Waals surface area contributed by atoms with Gasteiger partial charge in [0.1, 0.15) is 5.82 Å². The quantitative estimate of drug-likeness (QED) is 0.492. The third kappa shape index (κ3) is 2.58. The van der Waals surface area contributed by atoms with Crippen molar-refractivity contribution in [3.63, 3.8) is 0 Å². The predicted octanol–water partition coefficient (Wildman–Crippen LogP) is 2.48. The maximum absolute atomic E-state index is 12.9. The lowest BCUT2D eigenvalue weighted by molar-refractivity contribution is -0.384. The normalized spacial score (nSPS) is 20.6. The lowest BCUT2D eigenvalue weighted by Crippen LogP contribution is -2.12. The SMILES string of the molecule is O=[N+]([O-])c1ccc(S(=O)(=O)N2CC2c2ccc(F)cc2)cc1. The maximum Gasteiger partial charge on any atom is 0.269 e. The average molecular weight is 322 g/mol. The lowest BCUT2D eigenvalue weighted by atomic mass is 10.2. The van der Waals surface area contributed by atoms with Crippen LogP contribution < -0.4 is 0 Å². The van der Waals surface area contributed by atoms with Crippen LogP contribution in [0.4, 0.5) is 10.1 Å². The number of hydrogen-bond acceptors (Lipinski definition) is 4. The van der Waals surface area contributed by atoms with E-state index in [0.717, 1.165) is 12.1 Å². The second-order valence-corrected chi connectivity index (χ2v) is 6.78. The summed E-state index contributed by atoms with van der Waals surface area (Å²) in [5.41, 5.74) is 0.548. The molecule has 1 saturated heterocycles. The van der Waals surface area contributed by atoms with Gasteiger partial charge in [-0.1, -0.05) is 12.1 Å². The number of rotatable bonds is 4. The molecule has 1 aliphatic heterocycles. The van der Waals surface area contributed by atoms with Gasteiger partial charge in [0.2, 0.25) is 10.0 Å². The molecule has 0 spiro atoms. The second-order valence-electron chi connectivity index (χ2n) is 4.89. The zero-order valence-electron chi connectivity index (χ0n) is 11.2. The molecule has 1 fully saturated rings. The van der Waals surface area contributed by atoms with Crippen LogP contribution in [0, 0.1) is 15.9 Å². The summed E-state index contributed by atoms with van der Waals surface area (Å²) in [6.07, 6.45) is 0. The van der Waals surface area contributed by atoms with Crippen LogP contribution in [0.5, 0.6) is 0 Å². The van der Waals surface area contributed by atoms with Crippen LogP contribution in [0.1, 0.15) is 11.6 Å². The summed E-state index contributed by atoms with van der Waals surface area (Å²) in [5.74, 6) is -0.380. The van der Waals surface area contributed by atoms with Crippen molar-refractivity contribution in [2.45, 2.75) is 10.9 Å². The molecular formula is C14H11FN2O4S. The maximum atomic E-state index is 12.9. The van der Waals surface area contributed by atoms with E-state index in [1.807, 2.05) is 0 Å². The number of nitro groups is 1. The Morgan fingerprint density at radius 3 is 2.23 bits per heavy atom. The Morgan fingerprint density at radius 2 is 1.68 bits per heavy atom. The minimum absolute atomic E-state index is 0.00251. The molecule has 0 aromatic heterocycles. The molecule has 22 heavy (non-hydrogen) atoms. The van der Waals surface area contributed by atoms with Gasteiger partial charge in [-0.3, -0.25) is 10.1 Å². The van der Waals surface area contributed by atoms with Crippen molar-refractivity contribution in [3.8, 4) is 0 Å². The Hall–Kier alpha value is -2.32. The summed E-state index contributed by atoms with van der Waals surface area (Å²) >= 11 is 0. The lowest BCUT2D eigenvalue weighted by Gasteiger charge is -2.06. The highest BCUT2D eigenvalue weighted by molar-refractivity contribution is 7.89. The van der Waals surface area contributed by atoms with E-state index >= 15 is 0 Å². The number of benzene rings is 2. The van der Waals surface area contributed by atoms with Crippen molar-refractivity contribution >= 4 is 15.7 Å². The monoisotopic (exact) mass is 322 g/mol. The van der Waals surface area contributed by atoms with Gasteiger partial charge < -0.3 is 0 Å². The fourth-order valence-corrected chi connectivity index (χ4v) is 3.77. The molecule has 8 heteroatoms. The summed E-state index contributed by atoms with van der Waals surface area (Å²) in [7, 11) is -3.70. The molecule has 0 bridgehead atoms. The molecule has 114 valence electrons. The summed E-state index contributed by atoms with van der Waals surface area (Å²) in [5, 5.41) is 10.6. The van der Waals surface area contributed by atoms with Gasteiger partial charge in [0, 0.05) is 18.7 Å². The Labute approximate surface area is 126 Å². The van der Waals surface area contributed by atoms with Gasteiger partial charge in [0.15, 0.2) is 0 Å². The molecule has 3 rings (SSSR count). The predicted molar refractivity (Wildman–Crippen MR) is 76.1 cm³/mol. The fourth-order valence-electron chi connectivity index (χ4n) is 2.22. The molecule has 6 nitrogen and oxygen atoms in total. The van der Waals surface area contributed by atoms with Crippen LogP contribution in [0.3, 0.4) is 0 Å². The molecule has 0 amide bonds. The number of nitro benzene ring substituents is 1. The molecule has 0 saturated carbocycles. The van der Waals surface area contributed by atoms with E-state index < -0.39 is 14.9 Å². The van der Waals surface area contributed by atoms with Crippen LogP contribution in [-0.2, 0) is 10.0 Å². The van der Waals surface area contributed by atoms with E-state index in [9.17, 15) is 22.9 Å². The molecule has 0 radical (unpaired) electrons. The van der Waals surface area contributed by atoms with Gasteiger partial charge in [-0.15, -0.1) is 0 Å². The fraction of sp³-hybridized carbons (Fsp3) is 0.143. The highest BCUT2D eigenvalue weighted by Gasteiger charge is 2.45. The largest absolute Gasteiger partial charge is 0.269 e. The third-order valence-electron chi connectivity index (χ3n) is 3.48. The van der Waals surface area contributed by atoms with Crippen molar-refractivity contribution in [3.05, 3.63) is 70.0 Å². The van der Waals surface area contributed by atoms with Gasteiger partial charge in [0.05, 0.1) is 15.9 Å². The Kier molecular flexibility index (Phi) is 3.42. The number of non-ortho nitro benzene ring substituents is 1. The first-order valence-corrected chi connectivity index (χ1v) is 7.85. The van der Waals surface area contributed by atoms with E-state index in [-0.39, 0.29) is 22.4 Å². The number of nitrogens with zero attached hydrogens (tertiary/aromatic N) is 2. The summed E-state index contributed by atoms with van der Waals surface area (Å²) in [6.45, 7) is 0.310. The zero-order valence-corrected chi connectivity index (χ0v) is 12.0. The molecule has 2 unspecified atom stereocenters. The second kappa shape index (κ2) is 5.15. The molecule has 1 heterocycles. The van der Waals surface area contributed by atoms with Crippen molar-refractivity contribution < 1.29 is 17.7 Å². The summed E-state index contributed by atoms with van der Waals surface area (Å²) in [4.78, 5) is 10.0. The molecule has 0 N–H and O–H groups in total. The molecule has 2 aromatic rings. The summed E-state index contributed by atoms with van der Waals surface area (Å²) < 4.78 is 39.0. The van der Waals surface area contributed by atoms with E-state index in [1.54, 1.807) is 12.1 Å². The van der Waals surface area contributed by atoms with E-state index in [0.29, 0.717) is 12.1 Å². The zero-order chi connectivity index (χ0) is 15.9. The van der Waals surface area contributed by atoms with Crippen LogP contribution in [-0.4, -0.2) is 24.2 Å². The van der Waals surface area contributed by atoms with Gasteiger partial charge in [-0.25, -0.2) is 12.8 Å². The van der Waals surface area contributed by atoms with Crippen LogP contribution >= 0.6 is 0 Å². The van der Waals surface area contributed by atoms with Crippen molar-refractivity contribution in [1.82, 2.24) is 4.31 Å². The Balaban J connectivity index is 1.82. The van der Waals surface area contributed by atoms with E-state index in [2.05, 4.69) is 0 Å². The highest BCUT2D eigenvalue weighted by atomic mass is 32.2. The first kappa shape index (κ1) is 14.6. The van der Waals surface area contributed by atoms with Gasteiger partial charge in [0.25, 0.3) is 5.69 Å². The highest BCUT2D eigenvalue weighted by Crippen LogP contribution is 2.40. The van der Waals surface area contributed by atoms with E-state index in [4.69, 9.17) is 0 Å². The standard InChI is InChI=1S/C14H11FN2O4S/c15-11-3-1-10(2-4-11)14-9-16(14)22(20,21)13-7-5-12(6-8-13)17(18)19/h1-8,14H,9H2. The molecule has 1 aliphatic rings. The number of hydrogen-bond donors (Lipinski definition) is 0. The Bertz CT molecular complexity index is 819. The molecule has 0 aliphatic carbocycles. The summed E-state index contributed by atoms with van der Waals surface area (Å²) in [6, 6.07) is 10.1. The van der Waals surface area contributed by atoms with Crippen molar-refractivity contribution in [1.29, 1.82) is 0 Å². The number of halogens is 1. The van der Waals surface area contributed by atoms with Crippen LogP contribution in [0.15, 0.2) is 53.4 Å². The van der Waals surface area contributed by atoms with Crippen molar-refractivity contribution in [2.75, 3.05) is 6.54 Å². The smallest absolute Gasteiger partial charge is 0.258 e. The minimum Gasteiger partial charge on any atom is -0.258 e. The van der Waals surface area contributed by atoms with Crippen LogP contribution in [0.25, 0.3) is 0 Å². The number of sulfonamides is 1. The minimum atomic E-state index is -3.70. The molecular weight excluding hydrogens is 311 g/mol. The van der Waals surface area contributed by atoms with Gasteiger partial charge in [-0.05, 0) is 29.8 Å².